The summed E-state index contributed by atoms with van der Waals surface area (Å²) in [6.45, 7) is 0. The van der Waals surface area contributed by atoms with Gasteiger partial charge in [0.1, 0.15) is 0 Å². The number of para-hydroxylation sites is 1. The first-order chi connectivity index (χ1) is 32.7. The monoisotopic (exact) mass is 843 g/mol. The van der Waals surface area contributed by atoms with Crippen molar-refractivity contribution in [2.45, 2.75) is 42.9 Å². The first-order valence-electron chi connectivity index (χ1n) is 24.4. The van der Waals surface area contributed by atoms with Crippen molar-refractivity contribution < 1.29 is 0 Å². The highest BCUT2D eigenvalue weighted by molar-refractivity contribution is 6.02. The van der Waals surface area contributed by atoms with Gasteiger partial charge in [0.15, 0.2) is 0 Å². The quantitative estimate of drug-likeness (QED) is 0.167. The molecule has 7 aliphatic rings. The summed E-state index contributed by atoms with van der Waals surface area (Å²) in [6, 6.07) is 81.3. The number of benzene rings is 9. The van der Waals surface area contributed by atoms with E-state index in [0.29, 0.717) is 0 Å². The average Bonchev–Trinajstić information content (AvgIpc) is 3.96. The number of anilines is 3. The Balaban J connectivity index is 1.03. The predicted molar refractivity (Wildman–Crippen MR) is 272 cm³/mol. The molecule has 2 spiro atoms. The Bertz CT molecular complexity index is 3410. The molecule has 9 aromatic carbocycles. The Kier molecular flexibility index (Phi) is 7.67. The van der Waals surface area contributed by atoms with Crippen LogP contribution >= 0.6 is 0 Å². The van der Waals surface area contributed by atoms with Gasteiger partial charge in [0.05, 0.1) is 16.8 Å². The molecule has 0 saturated heterocycles. The highest BCUT2D eigenvalue weighted by Crippen LogP contribution is 2.70. The second-order valence-electron chi connectivity index (χ2n) is 20.3. The summed E-state index contributed by atoms with van der Waals surface area (Å²) in [5, 5.41) is 0. The first kappa shape index (κ1) is 37.0. The van der Waals surface area contributed by atoms with Gasteiger partial charge >= 0.3 is 0 Å². The number of hydrogen-bond acceptors (Lipinski definition) is 1. The van der Waals surface area contributed by atoms with E-state index < -0.39 is 5.41 Å². The van der Waals surface area contributed by atoms with Crippen LogP contribution in [0.2, 0.25) is 0 Å². The van der Waals surface area contributed by atoms with E-state index in [9.17, 15) is 0 Å². The number of fused-ring (bicyclic) bond motifs is 13. The molecule has 0 radical (unpaired) electrons. The fourth-order valence-electron chi connectivity index (χ4n) is 15.4. The van der Waals surface area contributed by atoms with E-state index in [2.05, 4.69) is 217 Å². The van der Waals surface area contributed by atoms with Gasteiger partial charge in [0.2, 0.25) is 0 Å². The van der Waals surface area contributed by atoms with E-state index in [1.54, 1.807) is 11.1 Å². The Labute approximate surface area is 388 Å². The molecule has 66 heavy (non-hydrogen) atoms. The van der Waals surface area contributed by atoms with Crippen LogP contribution in [-0.2, 0) is 10.8 Å². The summed E-state index contributed by atoms with van der Waals surface area (Å²) < 4.78 is 0. The lowest BCUT2D eigenvalue weighted by Gasteiger charge is -2.61. The van der Waals surface area contributed by atoms with Crippen molar-refractivity contribution in [3.63, 3.8) is 0 Å². The number of nitrogens with zero attached hydrogens (tertiary/aromatic N) is 1. The van der Waals surface area contributed by atoms with Crippen LogP contribution in [0.15, 0.2) is 212 Å². The number of rotatable bonds is 5. The molecule has 1 nitrogen and oxygen atoms in total. The second kappa shape index (κ2) is 13.7. The summed E-state index contributed by atoms with van der Waals surface area (Å²) >= 11 is 0. The van der Waals surface area contributed by atoms with E-state index in [1.807, 2.05) is 0 Å². The fourth-order valence-corrected chi connectivity index (χ4v) is 15.4. The molecule has 1 heteroatoms. The van der Waals surface area contributed by atoms with Gasteiger partial charge in [0.25, 0.3) is 0 Å². The lowest BCUT2D eigenvalue weighted by molar-refractivity contribution is -0.0399. The van der Waals surface area contributed by atoms with Gasteiger partial charge in [0, 0.05) is 22.2 Å². The minimum absolute atomic E-state index is 0.109. The van der Waals surface area contributed by atoms with Crippen molar-refractivity contribution in [3.8, 4) is 55.6 Å². The SMILES string of the molecule is c1ccc(-c2ccc3c(c2)C2(c4ccccc4-3)c3ccccc3-c3cccc(N(c4ccc5c(c4)-c4ccccc4C54C5CC6CC(C5)CC4C6)c4ccccc4-c4ccccc4)c32)cc1. The van der Waals surface area contributed by atoms with Gasteiger partial charge in [-0.1, -0.05) is 182 Å². The lowest BCUT2D eigenvalue weighted by atomic mass is 9.43. The fraction of sp³-hybridized carbons (Fsp3) is 0.169. The standard InChI is InChI=1S/C65H49N/c1-3-16-43(17-4-1)45-30-32-53-50-21-7-12-26-57(50)65(60(53)39-45)58-27-13-8-22-51(58)54-24-15-29-62(63(54)65)66(61-28-14-10-20-49(61)44-18-5-2-6-19-44)48-31-33-59-55(40-48)52-23-9-11-25-56(52)64(59)46-35-41-34-42(37-46)38-47(64)36-41/h1-33,39-42,46-47H,34-38H2. The van der Waals surface area contributed by atoms with Crippen LogP contribution in [0.3, 0.4) is 0 Å². The van der Waals surface area contributed by atoms with Crippen molar-refractivity contribution in [3.05, 3.63) is 246 Å². The zero-order valence-electron chi connectivity index (χ0n) is 37.0. The zero-order chi connectivity index (χ0) is 43.1. The maximum atomic E-state index is 2.65. The highest BCUT2D eigenvalue weighted by atomic mass is 15.1. The van der Waals surface area contributed by atoms with E-state index in [-0.39, 0.29) is 5.41 Å². The van der Waals surface area contributed by atoms with Gasteiger partial charge < -0.3 is 4.90 Å². The minimum Gasteiger partial charge on any atom is -0.309 e. The molecule has 9 aromatic rings. The molecule has 314 valence electrons. The third-order valence-corrected chi connectivity index (χ3v) is 17.5. The minimum atomic E-state index is -0.563. The third kappa shape index (κ3) is 4.75. The van der Waals surface area contributed by atoms with Crippen molar-refractivity contribution in [2.24, 2.45) is 23.7 Å². The molecule has 4 fully saturated rings. The van der Waals surface area contributed by atoms with E-state index in [0.717, 1.165) is 23.7 Å². The summed E-state index contributed by atoms with van der Waals surface area (Å²) in [5.41, 5.74) is 24.8. The maximum absolute atomic E-state index is 2.65. The molecule has 0 aromatic heterocycles. The topological polar surface area (TPSA) is 3.24 Å². The molecule has 4 bridgehead atoms. The normalized spacial score (nSPS) is 23.9. The molecular weight excluding hydrogens is 795 g/mol. The highest BCUT2D eigenvalue weighted by Gasteiger charge is 2.62. The third-order valence-electron chi connectivity index (χ3n) is 17.5. The summed E-state index contributed by atoms with van der Waals surface area (Å²) in [5.74, 6) is 3.25. The molecule has 4 saturated carbocycles. The van der Waals surface area contributed by atoms with Crippen molar-refractivity contribution in [1.82, 2.24) is 0 Å². The van der Waals surface area contributed by atoms with Crippen LogP contribution in [0, 0.1) is 23.7 Å². The molecule has 1 unspecified atom stereocenters. The van der Waals surface area contributed by atoms with Crippen LogP contribution in [0.5, 0.6) is 0 Å². The van der Waals surface area contributed by atoms with Crippen LogP contribution in [-0.4, -0.2) is 0 Å². The maximum Gasteiger partial charge on any atom is 0.0746 e. The Morgan fingerprint density at radius 3 is 1.53 bits per heavy atom. The van der Waals surface area contributed by atoms with E-state index in [1.165, 1.54) is 127 Å². The summed E-state index contributed by atoms with van der Waals surface area (Å²) in [6.07, 6.45) is 6.99. The van der Waals surface area contributed by atoms with Crippen molar-refractivity contribution in [1.29, 1.82) is 0 Å². The molecular formula is C65H49N. The van der Waals surface area contributed by atoms with Crippen LogP contribution in [0.4, 0.5) is 17.1 Å². The van der Waals surface area contributed by atoms with Gasteiger partial charge in [-0.15, -0.1) is 0 Å². The van der Waals surface area contributed by atoms with Gasteiger partial charge in [-0.3, -0.25) is 0 Å². The zero-order valence-corrected chi connectivity index (χ0v) is 37.0. The van der Waals surface area contributed by atoms with Crippen LogP contribution in [0.25, 0.3) is 55.6 Å². The van der Waals surface area contributed by atoms with E-state index >= 15 is 0 Å². The average molecular weight is 844 g/mol. The molecule has 7 aliphatic carbocycles. The van der Waals surface area contributed by atoms with Crippen molar-refractivity contribution >= 4 is 17.1 Å². The first-order valence-corrected chi connectivity index (χ1v) is 24.4. The Morgan fingerprint density at radius 2 is 0.833 bits per heavy atom. The molecule has 0 aliphatic heterocycles. The number of hydrogen-bond donors (Lipinski definition) is 0. The van der Waals surface area contributed by atoms with Crippen LogP contribution in [0.1, 0.15) is 65.5 Å². The second-order valence-corrected chi connectivity index (χ2v) is 20.3. The molecule has 1 atom stereocenters. The molecule has 0 amide bonds. The van der Waals surface area contributed by atoms with Gasteiger partial charge in [-0.2, -0.15) is 0 Å². The molecule has 16 rings (SSSR count). The van der Waals surface area contributed by atoms with Crippen molar-refractivity contribution in [2.75, 3.05) is 4.90 Å². The largest absolute Gasteiger partial charge is 0.309 e. The summed E-state index contributed by atoms with van der Waals surface area (Å²) in [7, 11) is 0. The Morgan fingerprint density at radius 1 is 0.318 bits per heavy atom. The molecule has 0 heterocycles. The predicted octanol–water partition coefficient (Wildman–Crippen LogP) is 16.6. The van der Waals surface area contributed by atoms with Crippen LogP contribution < -0.4 is 4.90 Å². The van der Waals surface area contributed by atoms with Gasteiger partial charge in [-0.05, 0) is 164 Å². The summed E-state index contributed by atoms with van der Waals surface area (Å²) in [4.78, 5) is 2.65. The van der Waals surface area contributed by atoms with E-state index in [4.69, 9.17) is 0 Å². The van der Waals surface area contributed by atoms with Gasteiger partial charge in [-0.25, -0.2) is 0 Å². The molecule has 0 N–H and O–H groups in total. The lowest BCUT2D eigenvalue weighted by Crippen LogP contribution is -2.55. The smallest absolute Gasteiger partial charge is 0.0746 e. The Hall–Kier alpha value is -7.22.